The van der Waals surface area contributed by atoms with Crippen LogP contribution in [0.25, 0.3) is 6.08 Å². The fourth-order valence-electron chi connectivity index (χ4n) is 2.15. The van der Waals surface area contributed by atoms with Crippen molar-refractivity contribution in [3.05, 3.63) is 71.8 Å². The second kappa shape index (κ2) is 9.27. The molecule has 1 atom stereocenters. The standard InChI is InChI=1S/C20H22N2O3/c1-15(20(24)21-14-17-6-4-3-5-7-17)22-19(23)13-10-16-8-11-18(25-2)12-9-16/h3-13,15H,14H2,1-2H3,(H,21,24)(H,22,23)/b13-10+. The largest absolute Gasteiger partial charge is 0.497 e. The smallest absolute Gasteiger partial charge is 0.244 e. The number of hydrogen-bond donors (Lipinski definition) is 2. The molecule has 5 nitrogen and oxygen atoms in total. The van der Waals surface area contributed by atoms with E-state index < -0.39 is 6.04 Å². The minimum atomic E-state index is -0.614. The molecule has 2 amide bonds. The minimum absolute atomic E-state index is 0.227. The fraction of sp³-hybridized carbons (Fsp3) is 0.200. The maximum atomic E-state index is 12.0. The van der Waals surface area contributed by atoms with E-state index in [1.165, 1.54) is 6.08 Å². The SMILES string of the molecule is COc1ccc(/C=C/C(=O)NC(C)C(=O)NCc2ccccc2)cc1. The lowest BCUT2D eigenvalue weighted by Gasteiger charge is -2.13. The molecule has 25 heavy (non-hydrogen) atoms. The fourth-order valence-corrected chi connectivity index (χ4v) is 2.15. The van der Waals surface area contributed by atoms with Gasteiger partial charge in [-0.05, 0) is 36.3 Å². The summed E-state index contributed by atoms with van der Waals surface area (Å²) in [5.41, 5.74) is 1.88. The molecule has 0 aliphatic carbocycles. The van der Waals surface area contributed by atoms with Gasteiger partial charge in [-0.2, -0.15) is 0 Å². The Balaban J connectivity index is 1.80. The summed E-state index contributed by atoms with van der Waals surface area (Å²) in [6.45, 7) is 2.08. The highest BCUT2D eigenvalue weighted by Crippen LogP contribution is 2.12. The maximum Gasteiger partial charge on any atom is 0.244 e. The van der Waals surface area contributed by atoms with Crippen molar-refractivity contribution in [1.29, 1.82) is 0 Å². The lowest BCUT2D eigenvalue weighted by molar-refractivity contribution is -0.126. The molecular weight excluding hydrogens is 316 g/mol. The monoisotopic (exact) mass is 338 g/mol. The number of hydrogen-bond acceptors (Lipinski definition) is 3. The Morgan fingerprint density at radius 1 is 1.08 bits per heavy atom. The molecule has 0 heterocycles. The summed E-state index contributed by atoms with van der Waals surface area (Å²) in [5.74, 6) is 0.207. The highest BCUT2D eigenvalue weighted by atomic mass is 16.5. The molecule has 0 bridgehead atoms. The van der Waals surface area contributed by atoms with E-state index in [1.807, 2.05) is 54.6 Å². The van der Waals surface area contributed by atoms with Crippen LogP contribution in [0.1, 0.15) is 18.1 Å². The van der Waals surface area contributed by atoms with E-state index in [1.54, 1.807) is 20.1 Å². The Kier molecular flexibility index (Phi) is 6.77. The van der Waals surface area contributed by atoms with Crippen LogP contribution in [0.2, 0.25) is 0 Å². The van der Waals surface area contributed by atoms with E-state index in [-0.39, 0.29) is 11.8 Å². The number of carbonyl (C=O) groups is 2. The van der Waals surface area contributed by atoms with Crippen LogP contribution in [0, 0.1) is 0 Å². The molecule has 2 N–H and O–H groups in total. The van der Waals surface area contributed by atoms with Gasteiger partial charge in [-0.15, -0.1) is 0 Å². The van der Waals surface area contributed by atoms with Crippen molar-refractivity contribution in [2.24, 2.45) is 0 Å². The zero-order chi connectivity index (χ0) is 18.1. The van der Waals surface area contributed by atoms with Crippen molar-refractivity contribution in [1.82, 2.24) is 10.6 Å². The maximum absolute atomic E-state index is 12.0. The van der Waals surface area contributed by atoms with Crippen LogP contribution in [-0.4, -0.2) is 25.0 Å². The van der Waals surface area contributed by atoms with Crippen LogP contribution in [-0.2, 0) is 16.1 Å². The van der Waals surface area contributed by atoms with E-state index in [2.05, 4.69) is 10.6 Å². The van der Waals surface area contributed by atoms with Gasteiger partial charge in [0.05, 0.1) is 7.11 Å². The molecule has 0 saturated carbocycles. The van der Waals surface area contributed by atoms with E-state index in [4.69, 9.17) is 4.74 Å². The molecule has 130 valence electrons. The van der Waals surface area contributed by atoms with Gasteiger partial charge in [0.25, 0.3) is 0 Å². The molecule has 2 rings (SSSR count). The molecule has 0 aliphatic heterocycles. The zero-order valence-electron chi connectivity index (χ0n) is 14.4. The van der Waals surface area contributed by atoms with Crippen molar-refractivity contribution in [2.45, 2.75) is 19.5 Å². The zero-order valence-corrected chi connectivity index (χ0v) is 14.4. The van der Waals surface area contributed by atoms with Crippen molar-refractivity contribution in [3.63, 3.8) is 0 Å². The van der Waals surface area contributed by atoms with Gasteiger partial charge in [0.1, 0.15) is 11.8 Å². The van der Waals surface area contributed by atoms with E-state index in [9.17, 15) is 9.59 Å². The van der Waals surface area contributed by atoms with Gasteiger partial charge >= 0.3 is 0 Å². The molecule has 0 aliphatic rings. The molecular formula is C20H22N2O3. The number of amides is 2. The Bertz CT molecular complexity index is 724. The molecule has 0 spiro atoms. The molecule has 2 aromatic carbocycles. The lowest BCUT2D eigenvalue weighted by Crippen LogP contribution is -2.44. The summed E-state index contributed by atoms with van der Waals surface area (Å²) >= 11 is 0. The van der Waals surface area contributed by atoms with E-state index in [0.717, 1.165) is 16.9 Å². The third-order valence-electron chi connectivity index (χ3n) is 3.60. The van der Waals surface area contributed by atoms with Crippen LogP contribution in [0.4, 0.5) is 0 Å². The normalized spacial score (nSPS) is 11.8. The van der Waals surface area contributed by atoms with Crippen molar-refractivity contribution in [3.8, 4) is 5.75 Å². The van der Waals surface area contributed by atoms with Gasteiger partial charge in [-0.25, -0.2) is 0 Å². The Hall–Kier alpha value is -3.08. The van der Waals surface area contributed by atoms with Gasteiger partial charge in [-0.3, -0.25) is 9.59 Å². The summed E-state index contributed by atoms with van der Waals surface area (Å²) < 4.78 is 5.08. The predicted octanol–water partition coefficient (Wildman–Crippen LogP) is 2.53. The topological polar surface area (TPSA) is 67.4 Å². The first-order chi connectivity index (χ1) is 12.1. The number of nitrogens with one attached hydrogen (secondary N) is 2. The average Bonchev–Trinajstić information content (AvgIpc) is 2.65. The van der Waals surface area contributed by atoms with E-state index in [0.29, 0.717) is 6.54 Å². The summed E-state index contributed by atoms with van der Waals surface area (Å²) in [6.07, 6.45) is 3.09. The number of methoxy groups -OCH3 is 1. The van der Waals surface area contributed by atoms with Crippen LogP contribution in [0.5, 0.6) is 5.75 Å². The molecule has 5 heteroatoms. The average molecular weight is 338 g/mol. The van der Waals surface area contributed by atoms with Crippen LogP contribution in [0.3, 0.4) is 0 Å². The van der Waals surface area contributed by atoms with Gasteiger partial charge in [0.2, 0.25) is 11.8 Å². The molecule has 0 fully saturated rings. The van der Waals surface area contributed by atoms with Crippen LogP contribution < -0.4 is 15.4 Å². The molecule has 0 radical (unpaired) electrons. The quantitative estimate of drug-likeness (QED) is 0.763. The number of carbonyl (C=O) groups excluding carboxylic acids is 2. The van der Waals surface area contributed by atoms with Crippen molar-refractivity contribution < 1.29 is 14.3 Å². The second-order valence-corrected chi connectivity index (χ2v) is 5.54. The third kappa shape index (κ3) is 6.14. The van der Waals surface area contributed by atoms with Gasteiger partial charge in [0.15, 0.2) is 0 Å². The Morgan fingerprint density at radius 3 is 2.40 bits per heavy atom. The van der Waals surface area contributed by atoms with Crippen LogP contribution >= 0.6 is 0 Å². The number of benzene rings is 2. The first-order valence-corrected chi connectivity index (χ1v) is 8.03. The number of ether oxygens (including phenoxy) is 1. The highest BCUT2D eigenvalue weighted by molar-refractivity contribution is 5.95. The second-order valence-electron chi connectivity index (χ2n) is 5.54. The molecule has 0 aromatic heterocycles. The summed E-state index contributed by atoms with van der Waals surface area (Å²) in [4.78, 5) is 24.0. The molecule has 1 unspecified atom stereocenters. The van der Waals surface area contributed by atoms with Gasteiger partial charge in [-0.1, -0.05) is 42.5 Å². The summed E-state index contributed by atoms with van der Waals surface area (Å²) in [7, 11) is 1.60. The Labute approximate surface area is 147 Å². The molecule has 2 aromatic rings. The Morgan fingerprint density at radius 2 is 1.76 bits per heavy atom. The summed E-state index contributed by atoms with van der Waals surface area (Å²) in [5, 5.41) is 5.45. The first kappa shape index (κ1) is 18.3. The van der Waals surface area contributed by atoms with Crippen molar-refractivity contribution in [2.75, 3.05) is 7.11 Å². The lowest BCUT2D eigenvalue weighted by atomic mass is 10.2. The van der Waals surface area contributed by atoms with Gasteiger partial charge in [0, 0.05) is 12.6 Å². The minimum Gasteiger partial charge on any atom is -0.497 e. The predicted molar refractivity (Wildman–Crippen MR) is 97.9 cm³/mol. The third-order valence-corrected chi connectivity index (χ3v) is 3.60. The van der Waals surface area contributed by atoms with E-state index >= 15 is 0 Å². The number of rotatable bonds is 7. The van der Waals surface area contributed by atoms with Crippen LogP contribution in [0.15, 0.2) is 60.7 Å². The molecule has 0 saturated heterocycles. The summed E-state index contributed by atoms with van der Waals surface area (Å²) in [6, 6.07) is 16.3. The van der Waals surface area contributed by atoms with Gasteiger partial charge < -0.3 is 15.4 Å². The van der Waals surface area contributed by atoms with Crippen molar-refractivity contribution >= 4 is 17.9 Å². The highest BCUT2D eigenvalue weighted by Gasteiger charge is 2.13. The first-order valence-electron chi connectivity index (χ1n) is 8.03.